The molecule has 6 nitrogen and oxygen atoms in total. The Morgan fingerprint density at radius 1 is 1.02 bits per heavy atom. The number of anilines is 1. The van der Waals surface area contributed by atoms with E-state index in [4.69, 9.17) is 4.42 Å². The van der Waals surface area contributed by atoms with Crippen LogP contribution in [0.1, 0.15) is 29.9 Å². The van der Waals surface area contributed by atoms with Crippen molar-refractivity contribution in [2.45, 2.75) is 13.8 Å². The second-order valence-corrected chi connectivity index (χ2v) is 9.62. The number of carbonyl (C=O) groups excluding carboxylic acids is 1. The number of carbonyl (C=O) groups is 1. The van der Waals surface area contributed by atoms with E-state index in [-0.39, 0.29) is 31.7 Å². The van der Waals surface area contributed by atoms with Crippen LogP contribution in [0.25, 0.3) is 31.8 Å². The zero-order valence-electron chi connectivity index (χ0n) is 21.7. The third-order valence-electron chi connectivity index (χ3n) is 6.16. The minimum atomic E-state index is -0.400. The molecule has 6 aromatic rings. The first-order chi connectivity index (χ1) is 19.0. The van der Waals surface area contributed by atoms with Crippen molar-refractivity contribution in [3.8, 4) is 10.6 Å². The smallest absolute Gasteiger partial charge is 0.269 e. The third kappa shape index (κ3) is 6.28. The molecule has 0 aliphatic heterocycles. The van der Waals surface area contributed by atoms with E-state index in [1.54, 1.807) is 18.3 Å². The number of ketones is 1. The summed E-state index contributed by atoms with van der Waals surface area (Å²) < 4.78 is 19.2. The van der Waals surface area contributed by atoms with Crippen molar-refractivity contribution in [3.05, 3.63) is 119 Å². The molecule has 0 fully saturated rings. The molecule has 0 amide bonds. The second kappa shape index (κ2) is 13.0. The summed E-state index contributed by atoms with van der Waals surface area (Å²) in [4.78, 5) is 34.7. The number of thiazole rings is 1. The molecule has 0 saturated heterocycles. The van der Waals surface area contributed by atoms with Gasteiger partial charge in [-0.2, -0.15) is 17.5 Å². The van der Waals surface area contributed by atoms with Gasteiger partial charge < -0.3 is 14.3 Å². The molecule has 0 bridgehead atoms. The van der Waals surface area contributed by atoms with Gasteiger partial charge in [-0.15, -0.1) is 12.1 Å². The van der Waals surface area contributed by atoms with E-state index in [0.29, 0.717) is 27.4 Å². The summed E-state index contributed by atoms with van der Waals surface area (Å²) in [6, 6.07) is 25.7. The van der Waals surface area contributed by atoms with Crippen LogP contribution in [0.3, 0.4) is 0 Å². The average Bonchev–Trinajstić information content (AvgIpc) is 3.64. The molecule has 0 aliphatic rings. The molecule has 3 aromatic heterocycles. The van der Waals surface area contributed by atoms with Gasteiger partial charge >= 0.3 is 0 Å². The topological polar surface area (TPSA) is 77.5 Å². The quantitative estimate of drug-likeness (QED) is 0.108. The van der Waals surface area contributed by atoms with Crippen LogP contribution in [0.5, 0.6) is 0 Å². The first kappa shape index (κ1) is 29.1. The molecule has 40 heavy (non-hydrogen) atoms. The fourth-order valence-corrected chi connectivity index (χ4v) is 5.08. The second-order valence-electron chi connectivity index (χ2n) is 8.59. The van der Waals surface area contributed by atoms with E-state index in [2.05, 4.69) is 34.8 Å². The first-order valence-corrected chi connectivity index (χ1v) is 13.3. The molecule has 0 saturated carbocycles. The standard InChI is InChI=1S/C20H17N2O2S.C11H8FNO.Ir/c1-3-22(4-2)14-10-9-13-11-15(20(23)24-17(13)12-14)19-21-16-7-5-6-8-18(16)25-19;12-9-5-3-8(4-6-9)11(14)10-2-1-7-13-10;/h5-10,12H,3-4H2,1-2H3;1-7H,(H,13,14);/q-1;;/p-1. The molecule has 0 N–H and O–H groups in total. The predicted molar refractivity (Wildman–Crippen MR) is 153 cm³/mol. The van der Waals surface area contributed by atoms with E-state index in [1.165, 1.54) is 35.6 Å². The summed E-state index contributed by atoms with van der Waals surface area (Å²) in [5.74, 6) is -0.535. The molecular weight excluding hydrogens is 706 g/mol. The Morgan fingerprint density at radius 2 is 1.77 bits per heavy atom. The van der Waals surface area contributed by atoms with Gasteiger partial charge in [0, 0.05) is 49.1 Å². The summed E-state index contributed by atoms with van der Waals surface area (Å²) in [5, 5.41) is 1.43. The molecule has 6 rings (SSSR count). The number of nitrogens with zero attached hydrogens (tertiary/aromatic N) is 3. The molecule has 3 aromatic carbocycles. The van der Waals surface area contributed by atoms with Crippen LogP contribution in [-0.2, 0) is 20.1 Å². The van der Waals surface area contributed by atoms with Crippen molar-refractivity contribution in [1.29, 1.82) is 0 Å². The molecule has 3 heterocycles. The number of benzene rings is 3. The van der Waals surface area contributed by atoms with Gasteiger partial charge in [0.15, 0.2) is 5.78 Å². The minimum Gasteiger partial charge on any atom is -0.661 e. The maximum Gasteiger partial charge on any atom is 0.269 e. The summed E-state index contributed by atoms with van der Waals surface area (Å²) in [5.41, 5.74) is 3.31. The Kier molecular flexibility index (Phi) is 9.42. The van der Waals surface area contributed by atoms with E-state index in [9.17, 15) is 14.0 Å². The fraction of sp³-hybridized carbons (Fsp3) is 0.129. The Morgan fingerprint density at radius 3 is 2.45 bits per heavy atom. The summed E-state index contributed by atoms with van der Waals surface area (Å²) >= 11 is 1.48. The molecule has 0 atom stereocenters. The van der Waals surface area contributed by atoms with Gasteiger partial charge in [0.2, 0.25) is 0 Å². The summed E-state index contributed by atoms with van der Waals surface area (Å²) in [6.07, 6.45) is 1.55. The number of hydrogen-bond donors (Lipinski definition) is 0. The van der Waals surface area contributed by atoms with E-state index in [1.807, 2.05) is 42.5 Å². The zero-order chi connectivity index (χ0) is 27.4. The van der Waals surface area contributed by atoms with Crippen molar-refractivity contribution >= 4 is 44.0 Å². The van der Waals surface area contributed by atoms with E-state index >= 15 is 0 Å². The van der Waals surface area contributed by atoms with Crippen LogP contribution < -0.4 is 15.5 Å². The monoisotopic (exact) mass is 730 g/mol. The molecule has 0 spiro atoms. The molecular formula is C31H24FIrN3O3S-2. The van der Waals surface area contributed by atoms with E-state index < -0.39 is 5.63 Å². The largest absolute Gasteiger partial charge is 0.661 e. The molecule has 1 radical (unpaired) electrons. The first-order valence-electron chi connectivity index (χ1n) is 12.5. The zero-order valence-corrected chi connectivity index (χ0v) is 24.9. The van der Waals surface area contributed by atoms with E-state index in [0.717, 1.165) is 34.4 Å². The van der Waals surface area contributed by atoms with Crippen molar-refractivity contribution in [1.82, 2.24) is 9.97 Å². The van der Waals surface area contributed by atoms with Gasteiger partial charge in [0.25, 0.3) is 5.63 Å². The van der Waals surface area contributed by atoms with Crippen LogP contribution in [0.2, 0.25) is 0 Å². The summed E-state index contributed by atoms with van der Waals surface area (Å²) in [7, 11) is 0. The predicted octanol–water partition coefficient (Wildman–Crippen LogP) is 6.73. The number of aromatic nitrogens is 2. The van der Waals surface area contributed by atoms with Gasteiger partial charge in [-0.25, -0.2) is 4.39 Å². The van der Waals surface area contributed by atoms with Gasteiger partial charge in [0.05, 0.1) is 16.1 Å². The number of rotatable bonds is 6. The van der Waals surface area contributed by atoms with Gasteiger partial charge in [0.1, 0.15) is 5.82 Å². The van der Waals surface area contributed by atoms with Crippen molar-refractivity contribution in [3.63, 3.8) is 0 Å². The fourth-order valence-electron chi connectivity index (χ4n) is 4.12. The Hall–Kier alpha value is -3.91. The maximum atomic E-state index is 12.6. The van der Waals surface area contributed by atoms with Crippen molar-refractivity contribution in [2.24, 2.45) is 0 Å². The van der Waals surface area contributed by atoms with Gasteiger partial charge in [-0.05, 0) is 61.9 Å². The van der Waals surface area contributed by atoms with Gasteiger partial charge in [-0.3, -0.25) is 14.6 Å². The Bertz CT molecular complexity index is 1760. The van der Waals surface area contributed by atoms with Crippen LogP contribution >= 0.6 is 11.3 Å². The van der Waals surface area contributed by atoms with Crippen LogP contribution in [0.4, 0.5) is 10.1 Å². The molecule has 9 heteroatoms. The van der Waals surface area contributed by atoms with Crippen molar-refractivity contribution < 1.29 is 33.7 Å². The number of para-hydroxylation sites is 1. The SMILES string of the molecule is CCN(CC)c1ccc2[c-]c(-c3nc4ccccc4s3)c(=O)oc2c1.O=C(c1ccc(F)cc1)c1ccc[n-]1.[Ir]. The van der Waals surface area contributed by atoms with Gasteiger partial charge in [-0.1, -0.05) is 41.4 Å². The Balaban J connectivity index is 0.000000210. The van der Waals surface area contributed by atoms with Crippen LogP contribution in [-0.4, -0.2) is 23.9 Å². The number of fused-ring (bicyclic) bond motifs is 2. The van der Waals surface area contributed by atoms with Crippen LogP contribution in [0.15, 0.2) is 94.3 Å². The molecule has 0 aliphatic carbocycles. The maximum absolute atomic E-state index is 12.6. The number of halogens is 1. The summed E-state index contributed by atoms with van der Waals surface area (Å²) in [6.45, 7) is 6.01. The molecule has 0 unspecified atom stereocenters. The minimum absolute atomic E-state index is 0. The Labute approximate surface area is 247 Å². The van der Waals surface area contributed by atoms with Crippen molar-refractivity contribution in [2.75, 3.05) is 18.0 Å². The molecule has 205 valence electrons. The normalized spacial score (nSPS) is 10.6. The third-order valence-corrected chi connectivity index (χ3v) is 7.21. The number of hydrogen-bond acceptors (Lipinski definition) is 6. The van der Waals surface area contributed by atoms with Crippen LogP contribution in [0, 0.1) is 11.9 Å². The average molecular weight is 730 g/mol.